The molecule has 0 aliphatic heterocycles. The second kappa shape index (κ2) is 6.44. The molecule has 0 fully saturated rings. The fourth-order valence-electron chi connectivity index (χ4n) is 1.74. The predicted octanol–water partition coefficient (Wildman–Crippen LogP) is 1.91. The molecule has 0 aliphatic carbocycles. The average molecular weight is 256 g/mol. The fourth-order valence-corrected chi connectivity index (χ4v) is 1.74. The lowest BCUT2D eigenvalue weighted by Crippen LogP contribution is -2.32. The largest absolute Gasteiger partial charge is 0.341 e. The first-order valence-corrected chi connectivity index (χ1v) is 5.84. The Bertz CT molecular complexity index is 423. The lowest BCUT2D eigenvalue weighted by molar-refractivity contribution is -0.134. The molecule has 1 unspecified atom stereocenters. The zero-order chi connectivity index (χ0) is 13.7. The zero-order valence-electron chi connectivity index (χ0n) is 10.6. The van der Waals surface area contributed by atoms with E-state index in [1.807, 2.05) is 0 Å². The third-order valence-electron chi connectivity index (χ3n) is 2.80. The van der Waals surface area contributed by atoms with Gasteiger partial charge in [0, 0.05) is 19.5 Å². The minimum atomic E-state index is -0.900. The summed E-state index contributed by atoms with van der Waals surface area (Å²) in [6.07, 6.45) is 0.612. The molecule has 0 bridgehead atoms. The molecule has 5 heteroatoms. The summed E-state index contributed by atoms with van der Waals surface area (Å²) >= 11 is 0. The Balaban J connectivity index is 2.66. The van der Waals surface area contributed by atoms with E-state index in [1.54, 1.807) is 14.0 Å². The Labute approximate surface area is 106 Å². The molecule has 100 valence electrons. The van der Waals surface area contributed by atoms with Gasteiger partial charge in [0.05, 0.1) is 0 Å². The van der Waals surface area contributed by atoms with Gasteiger partial charge < -0.3 is 10.6 Å². The molecule has 3 nitrogen and oxygen atoms in total. The molecular weight excluding hydrogens is 238 g/mol. The molecule has 1 rings (SSSR count). The topological polar surface area (TPSA) is 46.3 Å². The summed E-state index contributed by atoms with van der Waals surface area (Å²) in [4.78, 5) is 13.4. The smallest absolute Gasteiger partial charge is 0.225 e. The molecule has 1 amide bonds. The van der Waals surface area contributed by atoms with Gasteiger partial charge in [0.15, 0.2) is 11.6 Å². The number of nitrogens with two attached hydrogens (primary N) is 1. The number of amides is 1. The predicted molar refractivity (Wildman–Crippen MR) is 65.7 cm³/mol. The van der Waals surface area contributed by atoms with Crippen molar-refractivity contribution in [2.24, 2.45) is 11.7 Å². The number of nitrogens with zero attached hydrogens (tertiary/aromatic N) is 1. The Morgan fingerprint density at radius 3 is 2.61 bits per heavy atom. The maximum absolute atomic E-state index is 13.0. The average Bonchev–Trinajstić information content (AvgIpc) is 2.33. The van der Waals surface area contributed by atoms with Crippen LogP contribution in [0.15, 0.2) is 18.2 Å². The third kappa shape index (κ3) is 3.77. The number of halogens is 2. The van der Waals surface area contributed by atoms with Gasteiger partial charge in [-0.3, -0.25) is 4.79 Å². The van der Waals surface area contributed by atoms with E-state index in [-0.39, 0.29) is 18.4 Å². The molecule has 18 heavy (non-hydrogen) atoms. The number of carbonyl (C=O) groups is 1. The minimum absolute atomic E-state index is 0.0508. The first-order chi connectivity index (χ1) is 8.45. The second-order valence-corrected chi connectivity index (χ2v) is 4.42. The van der Waals surface area contributed by atoms with E-state index >= 15 is 0 Å². The molecule has 0 saturated carbocycles. The van der Waals surface area contributed by atoms with Crippen molar-refractivity contribution < 1.29 is 13.6 Å². The third-order valence-corrected chi connectivity index (χ3v) is 2.80. The van der Waals surface area contributed by atoms with Gasteiger partial charge in [-0.15, -0.1) is 0 Å². The monoisotopic (exact) mass is 256 g/mol. The standard InChI is InChI=1S/C13H18F2N2O/c1-9(5-6-16)13(18)17(2)8-10-3-4-11(14)12(15)7-10/h3-4,7,9H,5-6,8,16H2,1-2H3. The van der Waals surface area contributed by atoms with E-state index < -0.39 is 11.6 Å². The van der Waals surface area contributed by atoms with Gasteiger partial charge in [0.25, 0.3) is 0 Å². The number of hydrogen-bond donors (Lipinski definition) is 1. The lowest BCUT2D eigenvalue weighted by Gasteiger charge is -2.21. The lowest BCUT2D eigenvalue weighted by atomic mass is 10.1. The summed E-state index contributed by atoms with van der Waals surface area (Å²) in [7, 11) is 1.64. The first-order valence-electron chi connectivity index (χ1n) is 5.84. The van der Waals surface area contributed by atoms with Crippen LogP contribution in [0.25, 0.3) is 0 Å². The van der Waals surface area contributed by atoms with E-state index in [0.717, 1.165) is 12.1 Å². The van der Waals surface area contributed by atoms with Crippen LogP contribution < -0.4 is 5.73 Å². The van der Waals surface area contributed by atoms with Crippen LogP contribution in [0.5, 0.6) is 0 Å². The zero-order valence-corrected chi connectivity index (χ0v) is 10.6. The van der Waals surface area contributed by atoms with Crippen LogP contribution in [0.1, 0.15) is 18.9 Å². The molecular formula is C13H18F2N2O. The molecule has 1 aromatic rings. The Hall–Kier alpha value is -1.49. The summed E-state index contributed by atoms with van der Waals surface area (Å²) in [5, 5.41) is 0. The summed E-state index contributed by atoms with van der Waals surface area (Å²) in [5.41, 5.74) is 5.95. The Morgan fingerprint density at radius 2 is 2.06 bits per heavy atom. The molecule has 1 aromatic carbocycles. The molecule has 0 heterocycles. The Kier molecular flexibility index (Phi) is 5.22. The van der Waals surface area contributed by atoms with E-state index in [9.17, 15) is 13.6 Å². The number of rotatable bonds is 5. The van der Waals surface area contributed by atoms with E-state index in [2.05, 4.69) is 0 Å². The summed E-state index contributed by atoms with van der Waals surface area (Å²) < 4.78 is 25.8. The number of carbonyl (C=O) groups excluding carboxylic acids is 1. The highest BCUT2D eigenvalue weighted by Crippen LogP contribution is 2.12. The first kappa shape index (κ1) is 14.6. The van der Waals surface area contributed by atoms with Gasteiger partial charge in [-0.05, 0) is 30.7 Å². The molecule has 2 N–H and O–H groups in total. The van der Waals surface area contributed by atoms with Crippen molar-refractivity contribution in [1.29, 1.82) is 0 Å². The highest BCUT2D eigenvalue weighted by molar-refractivity contribution is 5.78. The highest BCUT2D eigenvalue weighted by Gasteiger charge is 2.17. The van der Waals surface area contributed by atoms with Crippen LogP contribution in [0.3, 0.4) is 0 Å². The SMILES string of the molecule is CC(CCN)C(=O)N(C)Cc1ccc(F)c(F)c1. The fraction of sp³-hybridized carbons (Fsp3) is 0.462. The summed E-state index contributed by atoms with van der Waals surface area (Å²) in [6, 6.07) is 3.63. The molecule has 0 aliphatic rings. The van der Waals surface area contributed by atoms with E-state index in [4.69, 9.17) is 5.73 Å². The van der Waals surface area contributed by atoms with Gasteiger partial charge >= 0.3 is 0 Å². The van der Waals surface area contributed by atoms with Gasteiger partial charge in [-0.25, -0.2) is 8.78 Å². The Morgan fingerprint density at radius 1 is 1.39 bits per heavy atom. The van der Waals surface area contributed by atoms with Crippen LogP contribution in [0.4, 0.5) is 8.78 Å². The maximum atomic E-state index is 13.0. The molecule has 0 aromatic heterocycles. The van der Waals surface area contributed by atoms with Crippen molar-refractivity contribution in [2.45, 2.75) is 19.9 Å². The van der Waals surface area contributed by atoms with E-state index in [0.29, 0.717) is 18.5 Å². The normalized spacial score (nSPS) is 12.3. The molecule has 0 saturated heterocycles. The van der Waals surface area contributed by atoms with Crippen molar-refractivity contribution in [1.82, 2.24) is 4.90 Å². The van der Waals surface area contributed by atoms with Crippen molar-refractivity contribution in [3.63, 3.8) is 0 Å². The van der Waals surface area contributed by atoms with Crippen LogP contribution >= 0.6 is 0 Å². The van der Waals surface area contributed by atoms with E-state index in [1.165, 1.54) is 11.0 Å². The molecule has 1 atom stereocenters. The molecule has 0 radical (unpaired) electrons. The van der Waals surface area contributed by atoms with Gasteiger partial charge in [-0.2, -0.15) is 0 Å². The minimum Gasteiger partial charge on any atom is -0.341 e. The summed E-state index contributed by atoms with van der Waals surface area (Å²) in [5.74, 6) is -2.00. The highest BCUT2D eigenvalue weighted by atomic mass is 19.2. The van der Waals surface area contributed by atoms with Crippen LogP contribution in [-0.4, -0.2) is 24.4 Å². The van der Waals surface area contributed by atoms with Crippen molar-refractivity contribution in [3.8, 4) is 0 Å². The summed E-state index contributed by atoms with van der Waals surface area (Å²) in [6.45, 7) is 2.51. The maximum Gasteiger partial charge on any atom is 0.225 e. The van der Waals surface area contributed by atoms with Crippen LogP contribution in [0, 0.1) is 17.6 Å². The van der Waals surface area contributed by atoms with Gasteiger partial charge in [0.1, 0.15) is 0 Å². The van der Waals surface area contributed by atoms with Crippen molar-refractivity contribution in [2.75, 3.05) is 13.6 Å². The second-order valence-electron chi connectivity index (χ2n) is 4.42. The number of benzene rings is 1. The van der Waals surface area contributed by atoms with Gasteiger partial charge in [0.2, 0.25) is 5.91 Å². The van der Waals surface area contributed by atoms with Crippen molar-refractivity contribution in [3.05, 3.63) is 35.4 Å². The van der Waals surface area contributed by atoms with Crippen molar-refractivity contribution >= 4 is 5.91 Å². The van der Waals surface area contributed by atoms with Gasteiger partial charge in [-0.1, -0.05) is 13.0 Å². The van der Waals surface area contributed by atoms with Crippen LogP contribution in [-0.2, 0) is 11.3 Å². The quantitative estimate of drug-likeness (QED) is 0.874. The molecule has 0 spiro atoms. The van der Waals surface area contributed by atoms with Crippen LogP contribution in [0.2, 0.25) is 0 Å². The number of hydrogen-bond acceptors (Lipinski definition) is 2.